The van der Waals surface area contributed by atoms with Gasteiger partial charge in [0.1, 0.15) is 11.9 Å². The summed E-state index contributed by atoms with van der Waals surface area (Å²) in [6.07, 6.45) is 7.50. The van der Waals surface area contributed by atoms with Crippen LogP contribution in [0.4, 0.5) is 10.5 Å². The lowest BCUT2D eigenvalue weighted by atomic mass is 9.86. The van der Waals surface area contributed by atoms with Gasteiger partial charge in [-0.25, -0.2) is 4.79 Å². The Morgan fingerprint density at radius 1 is 0.923 bits per heavy atom. The molecule has 3 aromatic carbocycles. The zero-order chi connectivity index (χ0) is 36.5. The van der Waals surface area contributed by atoms with Crippen molar-refractivity contribution in [2.75, 3.05) is 18.4 Å². The number of hydrogen-bond donors (Lipinski definition) is 7. The summed E-state index contributed by atoms with van der Waals surface area (Å²) in [7, 11) is 0. The quantitative estimate of drug-likeness (QED) is 0.0878. The summed E-state index contributed by atoms with van der Waals surface area (Å²) in [5, 5.41) is 31.2. The fourth-order valence-corrected chi connectivity index (χ4v) is 7.56. The molecule has 2 saturated carbocycles. The molecule has 1 aromatic heterocycles. The normalized spacial score (nSPS) is 21.0. The van der Waals surface area contributed by atoms with Gasteiger partial charge >= 0.3 is 6.09 Å². The Hall–Kier alpha value is -4.71. The first kappa shape index (κ1) is 37.1. The average Bonchev–Trinajstić information content (AvgIpc) is 3.14. The number of nitrogens with one attached hydrogen (secondary N) is 4. The number of aliphatic hydroxyl groups excluding tert-OH is 1. The number of amides is 2. The maximum absolute atomic E-state index is 12.9. The van der Waals surface area contributed by atoms with E-state index < -0.39 is 12.2 Å². The van der Waals surface area contributed by atoms with Gasteiger partial charge in [0, 0.05) is 42.1 Å². The van der Waals surface area contributed by atoms with Crippen LogP contribution < -0.4 is 27.2 Å². The Morgan fingerprint density at radius 2 is 1.69 bits per heavy atom. The summed E-state index contributed by atoms with van der Waals surface area (Å²) in [6, 6.07) is 22.5. The Bertz CT molecular complexity index is 1870. The van der Waals surface area contributed by atoms with E-state index >= 15 is 0 Å². The summed E-state index contributed by atoms with van der Waals surface area (Å²) in [5.74, 6) is 0.480. The second-order valence-electron chi connectivity index (χ2n) is 14.4. The maximum Gasteiger partial charge on any atom is 0.411 e. The molecular weight excluding hydrogens is 658 g/mol. The van der Waals surface area contributed by atoms with Crippen LogP contribution in [0.2, 0.25) is 0 Å². The molecule has 6 rings (SSSR count). The number of pyridine rings is 1. The number of aryl methyl sites for hydroxylation is 1. The molecule has 2 amide bonds. The Morgan fingerprint density at radius 3 is 2.46 bits per heavy atom. The van der Waals surface area contributed by atoms with E-state index in [9.17, 15) is 24.6 Å². The predicted octanol–water partition coefficient (Wildman–Crippen LogP) is 6.04. The minimum atomic E-state index is -0.794. The summed E-state index contributed by atoms with van der Waals surface area (Å²) in [4.78, 5) is 40.1. The van der Waals surface area contributed by atoms with Crippen LogP contribution in [0.15, 0.2) is 77.6 Å². The summed E-state index contributed by atoms with van der Waals surface area (Å²) >= 11 is 0. The van der Waals surface area contributed by atoms with E-state index in [1.807, 2.05) is 42.5 Å². The monoisotopic (exact) mass is 709 g/mol. The van der Waals surface area contributed by atoms with Crippen molar-refractivity contribution in [3.8, 4) is 16.9 Å². The van der Waals surface area contributed by atoms with Crippen LogP contribution in [-0.4, -0.2) is 58.5 Å². The molecule has 276 valence electrons. The molecule has 0 radical (unpaired) electrons. The van der Waals surface area contributed by atoms with Gasteiger partial charge in [0.2, 0.25) is 11.5 Å². The van der Waals surface area contributed by atoms with E-state index in [4.69, 9.17) is 10.5 Å². The number of phenols is 1. The van der Waals surface area contributed by atoms with Crippen LogP contribution in [0.25, 0.3) is 22.0 Å². The largest absolute Gasteiger partial charge is 0.506 e. The molecule has 2 fully saturated rings. The van der Waals surface area contributed by atoms with E-state index in [-0.39, 0.29) is 35.4 Å². The number of aliphatic hydroxyl groups is 1. The lowest BCUT2D eigenvalue weighted by molar-refractivity contribution is -0.122. The van der Waals surface area contributed by atoms with Crippen molar-refractivity contribution in [3.05, 3.63) is 94.3 Å². The molecule has 8 N–H and O–H groups in total. The Labute approximate surface area is 304 Å². The number of aromatic amines is 1. The molecule has 1 heterocycles. The summed E-state index contributed by atoms with van der Waals surface area (Å²) in [6.45, 7) is 1.11. The molecule has 4 aromatic rings. The highest BCUT2D eigenvalue weighted by Crippen LogP contribution is 2.31. The van der Waals surface area contributed by atoms with Crippen molar-refractivity contribution in [2.24, 2.45) is 11.7 Å². The third-order valence-corrected chi connectivity index (χ3v) is 10.5. The number of anilines is 1. The fourth-order valence-electron chi connectivity index (χ4n) is 7.56. The van der Waals surface area contributed by atoms with Gasteiger partial charge in [-0.15, -0.1) is 0 Å². The number of phenolic OH excluding ortho intramolecular Hbond substituents is 1. The van der Waals surface area contributed by atoms with Gasteiger partial charge in [-0.05, 0) is 112 Å². The maximum atomic E-state index is 12.9. The lowest BCUT2D eigenvalue weighted by Gasteiger charge is -2.29. The van der Waals surface area contributed by atoms with E-state index in [1.165, 1.54) is 12.1 Å². The first-order valence-electron chi connectivity index (χ1n) is 18.7. The zero-order valence-electron chi connectivity index (χ0n) is 29.6. The number of ether oxygens (including phenoxy) is 1. The molecule has 11 nitrogen and oxygen atoms in total. The average molecular weight is 710 g/mol. The van der Waals surface area contributed by atoms with Crippen LogP contribution >= 0.6 is 0 Å². The van der Waals surface area contributed by atoms with Crippen LogP contribution in [0.3, 0.4) is 0 Å². The number of hydrogen-bond acceptors (Lipinski definition) is 8. The van der Waals surface area contributed by atoms with Crippen LogP contribution in [-0.2, 0) is 16.0 Å². The van der Waals surface area contributed by atoms with Crippen molar-refractivity contribution in [2.45, 2.75) is 94.9 Å². The minimum Gasteiger partial charge on any atom is -0.506 e. The number of carbonyl (C=O) groups is 2. The van der Waals surface area contributed by atoms with Gasteiger partial charge in [0.05, 0.1) is 17.3 Å². The van der Waals surface area contributed by atoms with Crippen molar-refractivity contribution in [3.63, 3.8) is 0 Å². The number of nitrogens with two attached hydrogens (primary N) is 1. The number of aromatic hydroxyl groups is 1. The van der Waals surface area contributed by atoms with E-state index in [1.54, 1.807) is 12.1 Å². The molecule has 0 saturated heterocycles. The Kier molecular flexibility index (Phi) is 12.6. The van der Waals surface area contributed by atoms with E-state index in [0.29, 0.717) is 53.9 Å². The minimum absolute atomic E-state index is 0.0301. The molecule has 2 aliphatic rings. The van der Waals surface area contributed by atoms with Crippen LogP contribution in [0.1, 0.15) is 81.4 Å². The van der Waals surface area contributed by atoms with E-state index in [2.05, 4.69) is 27.0 Å². The molecule has 0 aliphatic heterocycles. The predicted molar refractivity (Wildman–Crippen MR) is 203 cm³/mol. The second-order valence-corrected chi connectivity index (χ2v) is 14.4. The van der Waals surface area contributed by atoms with Gasteiger partial charge in [0.15, 0.2) is 0 Å². The molecule has 52 heavy (non-hydrogen) atoms. The SMILES string of the molecule is NC1CCC(OC(=O)Nc2cc(CCCC(=O)NC3CCC(CNC[C@H](O)c4ccc(O)c5[nH]c(=O)ccc45)CC3)ccc2-c2ccccc2)CC1. The molecular formula is C41H51N5O6. The van der Waals surface area contributed by atoms with Gasteiger partial charge in [-0.1, -0.05) is 48.5 Å². The highest BCUT2D eigenvalue weighted by atomic mass is 16.6. The first-order valence-corrected chi connectivity index (χ1v) is 18.7. The van der Waals surface area contributed by atoms with Crippen molar-refractivity contribution in [1.29, 1.82) is 0 Å². The second kappa shape index (κ2) is 17.7. The first-order chi connectivity index (χ1) is 25.2. The molecule has 0 bridgehead atoms. The number of fused-ring (bicyclic) bond motifs is 1. The topological polar surface area (TPSA) is 179 Å². The van der Waals surface area contributed by atoms with Gasteiger partial charge < -0.3 is 36.3 Å². The van der Waals surface area contributed by atoms with E-state index in [0.717, 1.165) is 74.6 Å². The highest BCUT2D eigenvalue weighted by molar-refractivity contribution is 5.92. The number of carbonyl (C=O) groups excluding carboxylic acids is 2. The number of H-pyrrole nitrogens is 1. The number of rotatable bonds is 13. The standard InChI is InChI=1S/C41H51N5O6/c42-29-12-16-31(17-13-29)52-41(51)45-35-23-26(11-18-32(35)28-6-2-1-3-7-28)5-4-8-38(49)44-30-14-9-27(10-15-30)24-43-25-37(48)33-19-21-36(47)40-34(33)20-22-39(50)46-40/h1-3,6-7,11,18-23,27,29-31,37,43,47-48H,4-5,8-10,12-17,24-25,42H2,(H,44,49)(H,45,51)(H,46,50)/t27?,29?,30?,31?,37-/m0/s1. The third kappa shape index (κ3) is 9.99. The molecule has 11 heteroatoms. The Balaban J connectivity index is 0.927. The number of benzene rings is 3. The smallest absolute Gasteiger partial charge is 0.411 e. The van der Waals surface area contributed by atoms with Crippen molar-refractivity contribution in [1.82, 2.24) is 15.6 Å². The third-order valence-electron chi connectivity index (χ3n) is 10.5. The van der Waals surface area contributed by atoms with Crippen molar-refractivity contribution >= 4 is 28.6 Å². The lowest BCUT2D eigenvalue weighted by Crippen LogP contribution is -2.39. The molecule has 0 spiro atoms. The molecule has 2 aliphatic carbocycles. The fraction of sp³-hybridized carbons (Fsp3) is 0.439. The molecule has 0 unspecified atom stereocenters. The zero-order valence-corrected chi connectivity index (χ0v) is 29.6. The molecule has 1 atom stereocenters. The van der Waals surface area contributed by atoms with Crippen LogP contribution in [0, 0.1) is 5.92 Å². The van der Waals surface area contributed by atoms with Gasteiger partial charge in [-0.3, -0.25) is 14.9 Å². The van der Waals surface area contributed by atoms with Gasteiger partial charge in [-0.2, -0.15) is 0 Å². The highest BCUT2D eigenvalue weighted by Gasteiger charge is 2.24. The van der Waals surface area contributed by atoms with Crippen LogP contribution in [0.5, 0.6) is 5.75 Å². The summed E-state index contributed by atoms with van der Waals surface area (Å²) in [5.41, 5.74) is 10.3. The van der Waals surface area contributed by atoms with Crippen molar-refractivity contribution < 1.29 is 24.5 Å². The summed E-state index contributed by atoms with van der Waals surface area (Å²) < 4.78 is 5.74. The van der Waals surface area contributed by atoms with Gasteiger partial charge in [0.25, 0.3) is 0 Å². The number of aromatic nitrogens is 1.